The highest BCUT2D eigenvalue weighted by Gasteiger charge is 2.12. The Hall–Kier alpha value is -2.40. The number of aromatic nitrogens is 1. The maximum atomic E-state index is 11.5. The van der Waals surface area contributed by atoms with E-state index in [-0.39, 0.29) is 5.56 Å². The summed E-state index contributed by atoms with van der Waals surface area (Å²) in [7, 11) is 1.29. The Labute approximate surface area is 119 Å². The van der Waals surface area contributed by atoms with Crippen molar-refractivity contribution in [3.05, 3.63) is 52.7 Å². The first-order valence-corrected chi connectivity index (χ1v) is 5.98. The van der Waals surface area contributed by atoms with Gasteiger partial charge in [-0.2, -0.15) is 0 Å². The summed E-state index contributed by atoms with van der Waals surface area (Å²) >= 11 is 6.07. The number of halogens is 1. The highest BCUT2D eigenvalue weighted by molar-refractivity contribution is 6.33. The highest BCUT2D eigenvalue weighted by Crippen LogP contribution is 2.27. The van der Waals surface area contributed by atoms with Gasteiger partial charge in [0.1, 0.15) is 0 Å². The molecule has 2 rings (SSSR count). The van der Waals surface area contributed by atoms with Gasteiger partial charge in [0, 0.05) is 11.8 Å². The predicted molar refractivity (Wildman–Crippen MR) is 73.0 cm³/mol. The van der Waals surface area contributed by atoms with Gasteiger partial charge in [0.05, 0.1) is 29.0 Å². The van der Waals surface area contributed by atoms with Gasteiger partial charge >= 0.3 is 11.9 Å². The van der Waals surface area contributed by atoms with Crippen molar-refractivity contribution in [2.75, 3.05) is 7.11 Å². The molecule has 6 heteroatoms. The number of ether oxygens (including phenoxy) is 1. The number of esters is 1. The van der Waals surface area contributed by atoms with Crippen molar-refractivity contribution in [2.45, 2.75) is 0 Å². The second kappa shape index (κ2) is 5.71. The fourth-order valence-electron chi connectivity index (χ4n) is 1.65. The molecule has 0 amide bonds. The molecule has 0 aliphatic rings. The molecule has 0 spiro atoms. The maximum Gasteiger partial charge on any atom is 0.337 e. The Morgan fingerprint density at radius 1 is 1.20 bits per heavy atom. The summed E-state index contributed by atoms with van der Waals surface area (Å²) in [5, 5.41) is 9.23. The summed E-state index contributed by atoms with van der Waals surface area (Å²) in [4.78, 5) is 26.3. The van der Waals surface area contributed by atoms with Crippen molar-refractivity contribution in [1.29, 1.82) is 0 Å². The van der Waals surface area contributed by atoms with E-state index in [1.807, 2.05) is 0 Å². The van der Waals surface area contributed by atoms with Crippen molar-refractivity contribution < 1.29 is 19.4 Å². The number of carboxylic acids is 1. The van der Waals surface area contributed by atoms with E-state index in [1.54, 1.807) is 18.2 Å². The summed E-state index contributed by atoms with van der Waals surface area (Å²) in [5.74, 6) is -1.54. The third-order valence-corrected chi connectivity index (χ3v) is 3.00. The Kier molecular flexibility index (Phi) is 4.00. The smallest absolute Gasteiger partial charge is 0.337 e. The minimum Gasteiger partial charge on any atom is -0.478 e. The van der Waals surface area contributed by atoms with Crippen molar-refractivity contribution in [1.82, 2.24) is 4.98 Å². The van der Waals surface area contributed by atoms with Crippen molar-refractivity contribution in [3.63, 3.8) is 0 Å². The molecule has 0 bridgehead atoms. The Morgan fingerprint density at radius 2 is 1.90 bits per heavy atom. The van der Waals surface area contributed by atoms with Crippen LogP contribution in [0.1, 0.15) is 20.7 Å². The van der Waals surface area contributed by atoms with Crippen LogP contribution in [0, 0.1) is 0 Å². The first-order chi connectivity index (χ1) is 9.52. The fourth-order valence-corrected chi connectivity index (χ4v) is 1.86. The number of methoxy groups -OCH3 is 1. The monoisotopic (exact) mass is 291 g/mol. The van der Waals surface area contributed by atoms with Gasteiger partial charge in [0.25, 0.3) is 0 Å². The molecule has 0 fully saturated rings. The molecule has 20 heavy (non-hydrogen) atoms. The second-order valence-corrected chi connectivity index (χ2v) is 4.33. The fraction of sp³-hybridized carbons (Fsp3) is 0.0714. The molecule has 2 aromatic rings. The number of nitrogens with zero attached hydrogens (tertiary/aromatic N) is 1. The van der Waals surface area contributed by atoms with E-state index in [4.69, 9.17) is 16.7 Å². The second-order valence-electron chi connectivity index (χ2n) is 3.92. The standard InChI is InChI=1S/C14H10ClNO4/c1-20-14(19)8-2-4-11(15)10(6-8)12-5-3-9(7-16-12)13(17)18/h2-7H,1H3,(H,17,18). The molecule has 1 N–H and O–H groups in total. The molecule has 0 saturated heterocycles. The van der Waals surface area contributed by atoms with Crippen LogP contribution in [0.5, 0.6) is 0 Å². The Bertz CT molecular complexity index is 667. The summed E-state index contributed by atoms with van der Waals surface area (Å²) in [6.07, 6.45) is 1.23. The van der Waals surface area contributed by atoms with Gasteiger partial charge < -0.3 is 9.84 Å². The van der Waals surface area contributed by atoms with Crippen LogP contribution in [-0.4, -0.2) is 29.1 Å². The van der Waals surface area contributed by atoms with Gasteiger partial charge in [-0.05, 0) is 30.3 Å². The molecule has 102 valence electrons. The largest absolute Gasteiger partial charge is 0.478 e. The molecule has 1 aromatic carbocycles. The number of carbonyl (C=O) groups excluding carboxylic acids is 1. The minimum atomic E-state index is -1.06. The van der Waals surface area contributed by atoms with Gasteiger partial charge in [-0.25, -0.2) is 9.59 Å². The van der Waals surface area contributed by atoms with Crippen LogP contribution in [0.25, 0.3) is 11.3 Å². The average molecular weight is 292 g/mol. The van der Waals surface area contributed by atoms with Crippen molar-refractivity contribution in [3.8, 4) is 11.3 Å². The summed E-state index contributed by atoms with van der Waals surface area (Å²) in [5.41, 5.74) is 1.43. The lowest BCUT2D eigenvalue weighted by Crippen LogP contribution is -2.02. The number of hydrogen-bond donors (Lipinski definition) is 1. The third-order valence-electron chi connectivity index (χ3n) is 2.67. The van der Waals surface area contributed by atoms with Gasteiger partial charge in [-0.1, -0.05) is 11.6 Å². The van der Waals surface area contributed by atoms with E-state index in [2.05, 4.69) is 9.72 Å². The minimum absolute atomic E-state index is 0.0778. The molecule has 1 heterocycles. The highest BCUT2D eigenvalue weighted by atomic mass is 35.5. The van der Waals surface area contributed by atoms with Gasteiger partial charge in [0.2, 0.25) is 0 Å². The number of pyridine rings is 1. The zero-order chi connectivity index (χ0) is 14.7. The lowest BCUT2D eigenvalue weighted by Gasteiger charge is -2.06. The molecular weight excluding hydrogens is 282 g/mol. The quantitative estimate of drug-likeness (QED) is 0.880. The third kappa shape index (κ3) is 2.78. The zero-order valence-electron chi connectivity index (χ0n) is 10.5. The molecule has 0 unspecified atom stereocenters. The van der Waals surface area contributed by atoms with Crippen LogP contribution in [0.2, 0.25) is 5.02 Å². The molecule has 0 saturated carbocycles. The first kappa shape index (κ1) is 14.0. The van der Waals surface area contributed by atoms with Gasteiger partial charge in [-0.3, -0.25) is 4.98 Å². The Morgan fingerprint density at radius 3 is 2.45 bits per heavy atom. The van der Waals surface area contributed by atoms with E-state index in [0.717, 1.165) is 0 Å². The number of hydrogen-bond acceptors (Lipinski definition) is 4. The normalized spacial score (nSPS) is 10.1. The number of carbonyl (C=O) groups is 2. The van der Waals surface area contributed by atoms with Crippen LogP contribution in [0.3, 0.4) is 0 Å². The average Bonchev–Trinajstić information content (AvgIpc) is 2.47. The number of carboxylic acid groups (broad SMARTS) is 1. The van der Waals surface area contributed by atoms with E-state index in [1.165, 1.54) is 25.4 Å². The van der Waals surface area contributed by atoms with Crippen LogP contribution < -0.4 is 0 Å². The molecule has 0 radical (unpaired) electrons. The molecule has 0 atom stereocenters. The van der Waals surface area contributed by atoms with Gasteiger partial charge in [-0.15, -0.1) is 0 Å². The van der Waals surface area contributed by atoms with Gasteiger partial charge in [0.15, 0.2) is 0 Å². The molecule has 5 nitrogen and oxygen atoms in total. The van der Waals surface area contributed by atoms with Crippen molar-refractivity contribution in [2.24, 2.45) is 0 Å². The topological polar surface area (TPSA) is 76.5 Å². The summed E-state index contributed by atoms with van der Waals surface area (Å²) < 4.78 is 4.64. The zero-order valence-corrected chi connectivity index (χ0v) is 11.2. The lowest BCUT2D eigenvalue weighted by atomic mass is 10.1. The van der Waals surface area contributed by atoms with E-state index >= 15 is 0 Å². The SMILES string of the molecule is COC(=O)c1ccc(Cl)c(-c2ccc(C(=O)O)cn2)c1. The summed E-state index contributed by atoms with van der Waals surface area (Å²) in [6.45, 7) is 0. The first-order valence-electron chi connectivity index (χ1n) is 5.60. The molecular formula is C14H10ClNO4. The van der Waals surface area contributed by atoms with E-state index < -0.39 is 11.9 Å². The number of aromatic carboxylic acids is 1. The van der Waals surface area contributed by atoms with Crippen LogP contribution in [-0.2, 0) is 4.74 Å². The number of rotatable bonds is 3. The number of benzene rings is 1. The van der Waals surface area contributed by atoms with Crippen LogP contribution in [0.4, 0.5) is 0 Å². The summed E-state index contributed by atoms with van der Waals surface area (Å²) in [6, 6.07) is 7.62. The van der Waals surface area contributed by atoms with E-state index in [9.17, 15) is 9.59 Å². The predicted octanol–water partition coefficient (Wildman–Crippen LogP) is 2.89. The lowest BCUT2D eigenvalue weighted by molar-refractivity contribution is 0.0600. The van der Waals surface area contributed by atoms with E-state index in [0.29, 0.717) is 21.8 Å². The van der Waals surface area contributed by atoms with Crippen LogP contribution >= 0.6 is 11.6 Å². The maximum absolute atomic E-state index is 11.5. The molecule has 1 aromatic heterocycles. The molecule has 0 aliphatic heterocycles. The Balaban J connectivity index is 2.45. The molecule has 0 aliphatic carbocycles. The van der Waals surface area contributed by atoms with Crippen LogP contribution in [0.15, 0.2) is 36.5 Å². The van der Waals surface area contributed by atoms with Crippen molar-refractivity contribution >= 4 is 23.5 Å².